The molecule has 1 aromatic carbocycles. The zero-order valence-electron chi connectivity index (χ0n) is 15.3. The lowest BCUT2D eigenvalue weighted by Crippen LogP contribution is -2.36. The Labute approximate surface area is 163 Å². The van der Waals surface area contributed by atoms with Crippen molar-refractivity contribution in [2.24, 2.45) is 7.05 Å². The first-order valence-corrected chi connectivity index (χ1v) is 10.4. The highest BCUT2D eigenvalue weighted by molar-refractivity contribution is 7.71. The molecule has 4 nitrogen and oxygen atoms in total. The summed E-state index contributed by atoms with van der Waals surface area (Å²) in [6, 6.07) is 13.2. The zero-order chi connectivity index (χ0) is 18.1. The van der Waals surface area contributed by atoms with Crippen LogP contribution < -0.4 is 0 Å². The van der Waals surface area contributed by atoms with Crippen LogP contribution in [0.25, 0.3) is 0 Å². The molecule has 4 rings (SSSR count). The quantitative estimate of drug-likeness (QED) is 0.603. The van der Waals surface area contributed by atoms with E-state index in [1.54, 1.807) is 4.88 Å². The number of rotatable bonds is 5. The minimum Gasteiger partial charge on any atom is -0.307 e. The molecule has 0 N–H and O–H groups in total. The van der Waals surface area contributed by atoms with Crippen molar-refractivity contribution >= 4 is 23.6 Å². The normalized spacial score (nSPS) is 17.4. The summed E-state index contributed by atoms with van der Waals surface area (Å²) in [6.45, 7) is 4.09. The molecular formula is C20H24N4S2. The molecule has 0 aliphatic carbocycles. The highest BCUT2D eigenvalue weighted by Gasteiger charge is 2.27. The summed E-state index contributed by atoms with van der Waals surface area (Å²) in [5.74, 6) is 1.02. The average Bonchev–Trinajstić information content (AvgIpc) is 3.23. The Balaban J connectivity index is 1.57. The van der Waals surface area contributed by atoms with Gasteiger partial charge in [-0.05, 0) is 47.6 Å². The number of hydrogen-bond donors (Lipinski definition) is 0. The lowest BCUT2D eigenvalue weighted by molar-refractivity contribution is 0.129. The number of benzene rings is 1. The van der Waals surface area contributed by atoms with Gasteiger partial charge in [0, 0.05) is 30.9 Å². The smallest absolute Gasteiger partial charge is 0.198 e. The number of nitrogens with zero attached hydrogens (tertiary/aromatic N) is 4. The molecule has 0 unspecified atom stereocenters. The Morgan fingerprint density at radius 3 is 2.81 bits per heavy atom. The monoisotopic (exact) mass is 384 g/mol. The van der Waals surface area contributed by atoms with Gasteiger partial charge in [-0.15, -0.1) is 11.3 Å². The molecule has 136 valence electrons. The van der Waals surface area contributed by atoms with Crippen LogP contribution in [-0.4, -0.2) is 25.8 Å². The maximum absolute atomic E-state index is 5.67. The molecule has 6 heteroatoms. The van der Waals surface area contributed by atoms with Gasteiger partial charge in [-0.3, -0.25) is 4.90 Å². The van der Waals surface area contributed by atoms with Gasteiger partial charge >= 0.3 is 0 Å². The standard InChI is InChI=1S/C20H24N4S2/c1-3-17-16-10-12-26-18(16)9-11-23(17)14-24-20(25)22(2)19(21-24)13-15-7-5-4-6-8-15/h4-8,10,12,17H,3,9,11,13-14H2,1-2H3/t17-/m0/s1. The van der Waals surface area contributed by atoms with Crippen molar-refractivity contribution in [1.82, 2.24) is 19.2 Å². The van der Waals surface area contributed by atoms with E-state index < -0.39 is 0 Å². The van der Waals surface area contributed by atoms with Gasteiger partial charge in [0.2, 0.25) is 0 Å². The number of thiophene rings is 1. The molecule has 0 bridgehead atoms. The van der Waals surface area contributed by atoms with E-state index in [1.807, 2.05) is 33.7 Å². The Kier molecular flexibility index (Phi) is 5.07. The van der Waals surface area contributed by atoms with Gasteiger partial charge in [-0.2, -0.15) is 5.10 Å². The first-order chi connectivity index (χ1) is 12.7. The molecular weight excluding hydrogens is 360 g/mol. The van der Waals surface area contributed by atoms with E-state index in [0.29, 0.717) is 6.04 Å². The van der Waals surface area contributed by atoms with Crippen LogP contribution in [0.2, 0.25) is 0 Å². The first-order valence-electron chi connectivity index (χ1n) is 9.14. The molecule has 0 radical (unpaired) electrons. The van der Waals surface area contributed by atoms with Gasteiger partial charge in [0.1, 0.15) is 5.82 Å². The Morgan fingerprint density at radius 1 is 1.23 bits per heavy atom. The van der Waals surface area contributed by atoms with Crippen LogP contribution in [0.3, 0.4) is 0 Å². The predicted molar refractivity (Wildman–Crippen MR) is 109 cm³/mol. The second-order valence-corrected chi connectivity index (χ2v) is 8.21. The van der Waals surface area contributed by atoms with E-state index in [9.17, 15) is 0 Å². The predicted octanol–water partition coefficient (Wildman–Crippen LogP) is 4.57. The summed E-state index contributed by atoms with van der Waals surface area (Å²) < 4.78 is 4.83. The van der Waals surface area contributed by atoms with Crippen molar-refractivity contribution in [2.45, 2.75) is 38.9 Å². The molecule has 3 aromatic rings. The van der Waals surface area contributed by atoms with Crippen molar-refractivity contribution in [2.75, 3.05) is 6.54 Å². The molecule has 0 fully saturated rings. The van der Waals surface area contributed by atoms with Gasteiger partial charge in [0.15, 0.2) is 4.77 Å². The van der Waals surface area contributed by atoms with Crippen LogP contribution in [0.4, 0.5) is 0 Å². The van der Waals surface area contributed by atoms with Crippen molar-refractivity contribution < 1.29 is 0 Å². The lowest BCUT2D eigenvalue weighted by atomic mass is 9.98. The molecule has 3 heterocycles. The van der Waals surface area contributed by atoms with Gasteiger partial charge < -0.3 is 4.57 Å². The molecule has 0 saturated heterocycles. The summed E-state index contributed by atoms with van der Waals surface area (Å²) in [5.41, 5.74) is 2.76. The maximum Gasteiger partial charge on any atom is 0.198 e. The number of fused-ring (bicyclic) bond motifs is 1. The second kappa shape index (κ2) is 7.47. The zero-order valence-corrected chi connectivity index (χ0v) is 16.9. The lowest BCUT2D eigenvalue weighted by Gasteiger charge is -2.35. The van der Waals surface area contributed by atoms with Gasteiger partial charge in [0.05, 0.1) is 6.67 Å². The highest BCUT2D eigenvalue weighted by atomic mass is 32.1. The third-order valence-electron chi connectivity index (χ3n) is 5.24. The third-order valence-corrected chi connectivity index (χ3v) is 6.73. The Morgan fingerprint density at radius 2 is 2.04 bits per heavy atom. The van der Waals surface area contributed by atoms with Crippen molar-refractivity contribution in [1.29, 1.82) is 0 Å². The largest absolute Gasteiger partial charge is 0.307 e. The number of aromatic nitrogens is 3. The molecule has 0 spiro atoms. The van der Waals surface area contributed by atoms with E-state index >= 15 is 0 Å². The van der Waals surface area contributed by atoms with Crippen LogP contribution in [-0.2, 0) is 26.6 Å². The fraction of sp³-hybridized carbons (Fsp3) is 0.400. The summed E-state index contributed by atoms with van der Waals surface area (Å²) >= 11 is 7.56. The SMILES string of the molecule is CC[C@H]1c2ccsc2CCN1Cn1nc(Cc2ccccc2)n(C)c1=S. The molecule has 1 atom stereocenters. The van der Waals surface area contributed by atoms with Crippen molar-refractivity contribution in [3.05, 3.63) is 68.4 Å². The van der Waals surface area contributed by atoms with Gasteiger partial charge in [-0.1, -0.05) is 37.3 Å². The summed E-state index contributed by atoms with van der Waals surface area (Å²) in [5, 5.41) is 7.07. The number of hydrogen-bond acceptors (Lipinski definition) is 4. The fourth-order valence-electron chi connectivity index (χ4n) is 3.82. The van der Waals surface area contributed by atoms with Crippen LogP contribution >= 0.6 is 23.6 Å². The van der Waals surface area contributed by atoms with E-state index in [2.05, 4.69) is 47.5 Å². The van der Waals surface area contributed by atoms with Crippen LogP contribution in [0, 0.1) is 4.77 Å². The molecule has 1 aliphatic heterocycles. The van der Waals surface area contributed by atoms with Crippen molar-refractivity contribution in [3.63, 3.8) is 0 Å². The van der Waals surface area contributed by atoms with Crippen LogP contribution in [0.15, 0.2) is 41.8 Å². The highest BCUT2D eigenvalue weighted by Crippen LogP contribution is 2.35. The summed E-state index contributed by atoms with van der Waals surface area (Å²) in [4.78, 5) is 4.06. The molecule has 26 heavy (non-hydrogen) atoms. The summed E-state index contributed by atoms with van der Waals surface area (Å²) in [6.07, 6.45) is 3.04. The van der Waals surface area contributed by atoms with E-state index in [1.165, 1.54) is 11.1 Å². The molecule has 1 aliphatic rings. The van der Waals surface area contributed by atoms with E-state index in [0.717, 1.165) is 43.1 Å². The van der Waals surface area contributed by atoms with Crippen LogP contribution in [0.1, 0.15) is 41.2 Å². The maximum atomic E-state index is 5.67. The third kappa shape index (κ3) is 3.29. The minimum absolute atomic E-state index is 0.464. The topological polar surface area (TPSA) is 26.0 Å². The van der Waals surface area contributed by atoms with Gasteiger partial charge in [-0.25, -0.2) is 4.68 Å². The van der Waals surface area contributed by atoms with Gasteiger partial charge in [0.25, 0.3) is 0 Å². The van der Waals surface area contributed by atoms with E-state index in [4.69, 9.17) is 17.3 Å². The summed E-state index contributed by atoms with van der Waals surface area (Å²) in [7, 11) is 2.02. The first kappa shape index (κ1) is 17.6. The molecule has 0 saturated carbocycles. The Hall–Kier alpha value is -1.76. The molecule has 2 aromatic heterocycles. The second-order valence-electron chi connectivity index (χ2n) is 6.85. The minimum atomic E-state index is 0.464. The van der Waals surface area contributed by atoms with Crippen molar-refractivity contribution in [3.8, 4) is 0 Å². The average molecular weight is 385 g/mol. The molecule has 0 amide bonds. The fourth-order valence-corrected chi connectivity index (χ4v) is 4.96. The van der Waals surface area contributed by atoms with Crippen LogP contribution in [0.5, 0.6) is 0 Å². The van der Waals surface area contributed by atoms with E-state index in [-0.39, 0.29) is 0 Å². The Bertz CT molecular complexity index is 938.